The van der Waals surface area contributed by atoms with E-state index in [1.165, 1.54) is 32.1 Å². The van der Waals surface area contributed by atoms with E-state index in [1.54, 1.807) is 12.1 Å². The van der Waals surface area contributed by atoms with E-state index in [1.807, 2.05) is 12.1 Å². The molecule has 2 N–H and O–H groups in total. The summed E-state index contributed by atoms with van der Waals surface area (Å²) >= 11 is 0. The molecule has 4 rings (SSSR count). The first-order chi connectivity index (χ1) is 12.2. The Morgan fingerprint density at radius 3 is 2.80 bits per heavy atom. The Bertz CT molecular complexity index is 776. The van der Waals surface area contributed by atoms with Gasteiger partial charge in [-0.3, -0.25) is 9.59 Å². The number of hydrogen-bond acceptors (Lipinski definition) is 4. The minimum Gasteiger partial charge on any atom is -0.453 e. The molecule has 2 atom stereocenters. The molecule has 1 aromatic heterocycles. The van der Waals surface area contributed by atoms with Crippen LogP contribution in [0.2, 0.25) is 0 Å². The average molecular weight is 340 g/mol. The largest absolute Gasteiger partial charge is 0.453 e. The molecular formula is C20H24N2O3. The topological polar surface area (TPSA) is 71.3 Å². The molecule has 5 heteroatoms. The van der Waals surface area contributed by atoms with E-state index < -0.39 is 0 Å². The van der Waals surface area contributed by atoms with Crippen molar-refractivity contribution in [1.82, 2.24) is 5.32 Å². The summed E-state index contributed by atoms with van der Waals surface area (Å²) in [6.45, 7) is 0.919. The summed E-state index contributed by atoms with van der Waals surface area (Å²) in [4.78, 5) is 23.6. The Morgan fingerprint density at radius 1 is 1.16 bits per heavy atom. The first-order valence-corrected chi connectivity index (χ1v) is 9.27. The van der Waals surface area contributed by atoms with Gasteiger partial charge in [-0.2, -0.15) is 0 Å². The van der Waals surface area contributed by atoms with E-state index >= 15 is 0 Å². The zero-order valence-corrected chi connectivity index (χ0v) is 14.3. The zero-order valence-electron chi connectivity index (χ0n) is 14.3. The summed E-state index contributed by atoms with van der Waals surface area (Å²) in [5.41, 5.74) is 1.39. The number of nitrogens with one attached hydrogen (secondary N) is 2. The van der Waals surface area contributed by atoms with Crippen LogP contribution in [-0.4, -0.2) is 24.8 Å². The lowest BCUT2D eigenvalue weighted by Crippen LogP contribution is -2.42. The fourth-order valence-electron chi connectivity index (χ4n) is 4.50. The lowest BCUT2D eigenvalue weighted by atomic mass is 9.76. The van der Waals surface area contributed by atoms with Crippen molar-refractivity contribution in [3.05, 3.63) is 30.0 Å². The number of fused-ring (bicyclic) bond motifs is 1. The molecule has 1 aliphatic heterocycles. The third-order valence-corrected chi connectivity index (χ3v) is 5.73. The van der Waals surface area contributed by atoms with Gasteiger partial charge in [0.25, 0.3) is 0 Å². The van der Waals surface area contributed by atoms with Crippen molar-refractivity contribution < 1.29 is 14.0 Å². The quantitative estimate of drug-likeness (QED) is 0.832. The summed E-state index contributed by atoms with van der Waals surface area (Å²) < 4.78 is 5.38. The molecule has 5 nitrogen and oxygen atoms in total. The highest BCUT2D eigenvalue weighted by Gasteiger charge is 2.38. The van der Waals surface area contributed by atoms with E-state index in [2.05, 4.69) is 10.6 Å². The summed E-state index contributed by atoms with van der Waals surface area (Å²) in [6.07, 6.45) is 8.22. The Kier molecular flexibility index (Phi) is 4.57. The number of amides is 1. The van der Waals surface area contributed by atoms with E-state index in [0.717, 1.165) is 24.0 Å². The van der Waals surface area contributed by atoms with Gasteiger partial charge in [0.1, 0.15) is 5.58 Å². The molecule has 2 unspecified atom stereocenters. The molecule has 1 aliphatic carbocycles. The van der Waals surface area contributed by atoms with Crippen molar-refractivity contribution in [2.75, 3.05) is 11.9 Å². The summed E-state index contributed by atoms with van der Waals surface area (Å²) in [5, 5.41) is 7.26. The monoisotopic (exact) mass is 340 g/mol. The van der Waals surface area contributed by atoms with Crippen LogP contribution in [0.15, 0.2) is 28.7 Å². The number of furan rings is 1. The van der Waals surface area contributed by atoms with Crippen molar-refractivity contribution >= 4 is 28.8 Å². The van der Waals surface area contributed by atoms with Crippen LogP contribution in [0.4, 0.5) is 5.69 Å². The Morgan fingerprint density at radius 2 is 2.00 bits per heavy atom. The molecule has 2 heterocycles. The van der Waals surface area contributed by atoms with Crippen LogP contribution in [0.5, 0.6) is 0 Å². The molecule has 2 aliphatic rings. The van der Waals surface area contributed by atoms with E-state index in [-0.39, 0.29) is 11.9 Å². The highest BCUT2D eigenvalue weighted by atomic mass is 16.3. The zero-order chi connectivity index (χ0) is 17.2. The lowest BCUT2D eigenvalue weighted by molar-refractivity contribution is -0.119. The molecule has 2 fully saturated rings. The maximum absolute atomic E-state index is 12.8. The molecular weight excluding hydrogens is 316 g/mol. The molecule has 0 radical (unpaired) electrons. The second-order valence-corrected chi connectivity index (χ2v) is 7.29. The van der Waals surface area contributed by atoms with Gasteiger partial charge in [-0.1, -0.05) is 32.1 Å². The van der Waals surface area contributed by atoms with Crippen LogP contribution in [0.25, 0.3) is 11.0 Å². The smallest absolute Gasteiger partial charge is 0.241 e. The van der Waals surface area contributed by atoms with Crippen LogP contribution in [0, 0.1) is 11.8 Å². The minimum absolute atomic E-state index is 0.0477. The Hall–Kier alpha value is -2.14. The van der Waals surface area contributed by atoms with E-state index in [4.69, 9.17) is 4.42 Å². The number of anilines is 1. The predicted octanol–water partition coefficient (Wildman–Crippen LogP) is 3.74. The van der Waals surface area contributed by atoms with Gasteiger partial charge in [0.15, 0.2) is 12.0 Å². The second-order valence-electron chi connectivity index (χ2n) is 7.29. The fourth-order valence-corrected chi connectivity index (χ4v) is 4.50. The van der Waals surface area contributed by atoms with Crippen LogP contribution >= 0.6 is 0 Å². The molecule has 25 heavy (non-hydrogen) atoms. The predicted molar refractivity (Wildman–Crippen MR) is 96.7 cm³/mol. The third kappa shape index (κ3) is 3.33. The molecule has 1 saturated carbocycles. The maximum atomic E-state index is 12.8. The van der Waals surface area contributed by atoms with Crippen LogP contribution in [-0.2, 0) is 4.79 Å². The molecule has 0 spiro atoms. The molecule has 0 bridgehead atoms. The van der Waals surface area contributed by atoms with Crippen molar-refractivity contribution in [1.29, 1.82) is 0 Å². The highest BCUT2D eigenvalue weighted by molar-refractivity contribution is 5.97. The SMILES string of the molecule is O=Cc1cc2cc(NC(=O)C3NCCC3C3CCCCC3)ccc2o1. The van der Waals surface area contributed by atoms with Crippen molar-refractivity contribution in [2.24, 2.45) is 11.8 Å². The molecule has 1 saturated heterocycles. The summed E-state index contributed by atoms with van der Waals surface area (Å²) in [7, 11) is 0. The van der Waals surface area contributed by atoms with Gasteiger partial charge in [-0.15, -0.1) is 0 Å². The van der Waals surface area contributed by atoms with Crippen LogP contribution < -0.4 is 10.6 Å². The van der Waals surface area contributed by atoms with E-state index in [9.17, 15) is 9.59 Å². The molecule has 1 aromatic carbocycles. The first-order valence-electron chi connectivity index (χ1n) is 9.27. The number of hydrogen-bond donors (Lipinski definition) is 2. The van der Waals surface area contributed by atoms with Crippen LogP contribution in [0.3, 0.4) is 0 Å². The van der Waals surface area contributed by atoms with Crippen molar-refractivity contribution in [3.63, 3.8) is 0 Å². The first kappa shape index (κ1) is 16.3. The standard InChI is InChI=1S/C20H24N2O3/c23-12-16-11-14-10-15(6-7-18(14)25-16)22-20(24)19-17(8-9-21-19)13-4-2-1-3-5-13/h6-7,10-13,17,19,21H,1-5,8-9H2,(H,22,24). The molecule has 1 amide bonds. The molecule has 2 aromatic rings. The third-order valence-electron chi connectivity index (χ3n) is 5.73. The van der Waals surface area contributed by atoms with Crippen molar-refractivity contribution in [3.8, 4) is 0 Å². The fraction of sp³-hybridized carbons (Fsp3) is 0.500. The van der Waals surface area contributed by atoms with Gasteiger partial charge in [0.05, 0.1) is 6.04 Å². The summed E-state index contributed by atoms with van der Waals surface area (Å²) in [6, 6.07) is 7.06. The maximum Gasteiger partial charge on any atom is 0.241 e. The molecule has 132 valence electrons. The Labute approximate surface area is 147 Å². The van der Waals surface area contributed by atoms with Gasteiger partial charge in [0.2, 0.25) is 5.91 Å². The van der Waals surface area contributed by atoms with Crippen molar-refractivity contribution in [2.45, 2.75) is 44.6 Å². The number of rotatable bonds is 4. The highest BCUT2D eigenvalue weighted by Crippen LogP contribution is 2.36. The van der Waals surface area contributed by atoms with Gasteiger partial charge in [-0.05, 0) is 49.1 Å². The van der Waals surface area contributed by atoms with E-state index in [0.29, 0.717) is 29.5 Å². The lowest BCUT2D eigenvalue weighted by Gasteiger charge is -2.30. The van der Waals surface area contributed by atoms with Gasteiger partial charge in [0, 0.05) is 11.1 Å². The Balaban J connectivity index is 1.47. The minimum atomic E-state index is -0.103. The number of carbonyl (C=O) groups excluding carboxylic acids is 2. The van der Waals surface area contributed by atoms with Crippen LogP contribution in [0.1, 0.15) is 49.1 Å². The number of benzene rings is 1. The number of carbonyl (C=O) groups is 2. The summed E-state index contributed by atoms with van der Waals surface area (Å²) in [5.74, 6) is 1.46. The van der Waals surface area contributed by atoms with Gasteiger partial charge < -0.3 is 15.1 Å². The second kappa shape index (κ2) is 7.00. The number of aldehydes is 1. The average Bonchev–Trinajstić information content (AvgIpc) is 3.28. The normalized spacial score (nSPS) is 24.5. The van der Waals surface area contributed by atoms with Gasteiger partial charge >= 0.3 is 0 Å². The van der Waals surface area contributed by atoms with Gasteiger partial charge in [-0.25, -0.2) is 0 Å².